The lowest BCUT2D eigenvalue weighted by Crippen LogP contribution is -2.36. The van der Waals surface area contributed by atoms with Crippen LogP contribution >= 0.6 is 0 Å². The van der Waals surface area contributed by atoms with Crippen molar-refractivity contribution in [3.63, 3.8) is 0 Å². The molecule has 1 fully saturated rings. The Morgan fingerprint density at radius 1 is 1.03 bits per heavy atom. The summed E-state index contributed by atoms with van der Waals surface area (Å²) in [6.07, 6.45) is 1.64. The lowest BCUT2D eigenvalue weighted by Gasteiger charge is -2.27. The van der Waals surface area contributed by atoms with E-state index < -0.39 is 0 Å². The molecule has 1 saturated heterocycles. The van der Waals surface area contributed by atoms with Gasteiger partial charge in [0.2, 0.25) is 0 Å². The molecular weight excluding hydrogens is 364 g/mol. The second-order valence-corrected chi connectivity index (χ2v) is 7.23. The summed E-state index contributed by atoms with van der Waals surface area (Å²) in [5, 5.41) is 7.46. The van der Waals surface area contributed by atoms with Crippen molar-refractivity contribution in [2.45, 2.75) is 20.0 Å². The molecule has 29 heavy (non-hydrogen) atoms. The smallest absolute Gasteiger partial charge is 0.255 e. The Morgan fingerprint density at radius 2 is 1.72 bits per heavy atom. The molecule has 1 aliphatic heterocycles. The predicted molar refractivity (Wildman–Crippen MR) is 112 cm³/mol. The molecule has 0 radical (unpaired) electrons. The monoisotopic (exact) mass is 390 g/mol. The SMILES string of the molecule is Cc1c(C(=O)NCc2ccccc2CN2CCOCC2)cnn1-c1ccccc1. The van der Waals surface area contributed by atoms with Gasteiger partial charge >= 0.3 is 0 Å². The third kappa shape index (κ3) is 4.55. The number of rotatable bonds is 6. The number of aromatic nitrogens is 2. The zero-order valence-electron chi connectivity index (χ0n) is 16.7. The average Bonchev–Trinajstić information content (AvgIpc) is 3.16. The summed E-state index contributed by atoms with van der Waals surface area (Å²) in [5.74, 6) is -0.106. The van der Waals surface area contributed by atoms with Gasteiger partial charge in [0.15, 0.2) is 0 Å². The van der Waals surface area contributed by atoms with E-state index in [9.17, 15) is 4.79 Å². The second-order valence-electron chi connectivity index (χ2n) is 7.23. The van der Waals surface area contributed by atoms with Crippen molar-refractivity contribution < 1.29 is 9.53 Å². The van der Waals surface area contributed by atoms with E-state index in [1.807, 2.05) is 43.3 Å². The highest BCUT2D eigenvalue weighted by molar-refractivity contribution is 5.95. The van der Waals surface area contributed by atoms with Gasteiger partial charge in [0.1, 0.15) is 0 Å². The van der Waals surface area contributed by atoms with Crippen LogP contribution in [0.5, 0.6) is 0 Å². The highest BCUT2D eigenvalue weighted by atomic mass is 16.5. The van der Waals surface area contributed by atoms with Crippen LogP contribution in [0.3, 0.4) is 0 Å². The minimum Gasteiger partial charge on any atom is -0.379 e. The number of para-hydroxylation sites is 1. The molecule has 2 heterocycles. The topological polar surface area (TPSA) is 59.4 Å². The number of nitrogens with zero attached hydrogens (tertiary/aromatic N) is 3. The van der Waals surface area contributed by atoms with Crippen molar-refractivity contribution in [2.24, 2.45) is 0 Å². The molecule has 0 spiro atoms. The van der Waals surface area contributed by atoms with Crippen molar-refractivity contribution in [3.05, 3.63) is 83.2 Å². The fraction of sp³-hybridized carbons (Fsp3) is 0.304. The van der Waals surface area contributed by atoms with Gasteiger partial charge < -0.3 is 10.1 Å². The molecule has 6 nitrogen and oxygen atoms in total. The first-order valence-electron chi connectivity index (χ1n) is 9.97. The molecule has 0 aliphatic carbocycles. The van der Waals surface area contributed by atoms with Crippen LogP contribution in [-0.4, -0.2) is 46.9 Å². The predicted octanol–water partition coefficient (Wildman–Crippen LogP) is 2.94. The van der Waals surface area contributed by atoms with Crippen molar-refractivity contribution in [1.29, 1.82) is 0 Å². The maximum Gasteiger partial charge on any atom is 0.255 e. The summed E-state index contributed by atoms with van der Waals surface area (Å²) < 4.78 is 7.23. The first-order valence-corrected chi connectivity index (χ1v) is 9.97. The van der Waals surface area contributed by atoms with E-state index >= 15 is 0 Å². The summed E-state index contributed by atoms with van der Waals surface area (Å²) in [7, 11) is 0. The number of amides is 1. The zero-order valence-corrected chi connectivity index (χ0v) is 16.7. The normalized spacial score (nSPS) is 14.7. The summed E-state index contributed by atoms with van der Waals surface area (Å²) in [4.78, 5) is 15.2. The van der Waals surface area contributed by atoms with Gasteiger partial charge in [-0.3, -0.25) is 9.69 Å². The van der Waals surface area contributed by atoms with Crippen molar-refractivity contribution in [1.82, 2.24) is 20.0 Å². The Morgan fingerprint density at radius 3 is 2.48 bits per heavy atom. The maximum absolute atomic E-state index is 12.8. The van der Waals surface area contributed by atoms with E-state index in [0.717, 1.165) is 49.8 Å². The van der Waals surface area contributed by atoms with Crippen LogP contribution in [0.15, 0.2) is 60.8 Å². The van der Waals surface area contributed by atoms with Crippen LogP contribution in [0.2, 0.25) is 0 Å². The number of hydrogen-bond donors (Lipinski definition) is 1. The molecule has 6 heteroatoms. The molecule has 0 unspecified atom stereocenters. The number of morpholine rings is 1. The molecule has 3 aromatic rings. The van der Waals surface area contributed by atoms with Gasteiger partial charge in [-0.15, -0.1) is 0 Å². The third-order valence-electron chi connectivity index (χ3n) is 5.31. The molecule has 0 bridgehead atoms. The third-order valence-corrected chi connectivity index (χ3v) is 5.31. The van der Waals surface area contributed by atoms with Crippen molar-refractivity contribution in [3.8, 4) is 5.69 Å². The lowest BCUT2D eigenvalue weighted by atomic mass is 10.1. The summed E-state index contributed by atoms with van der Waals surface area (Å²) in [6, 6.07) is 18.1. The average molecular weight is 390 g/mol. The molecule has 1 N–H and O–H groups in total. The van der Waals surface area contributed by atoms with Crippen LogP contribution < -0.4 is 5.32 Å². The molecular formula is C23H26N4O2. The number of hydrogen-bond acceptors (Lipinski definition) is 4. The van der Waals surface area contributed by atoms with Gasteiger partial charge in [-0.2, -0.15) is 5.10 Å². The van der Waals surface area contributed by atoms with Crippen LogP contribution in [0.4, 0.5) is 0 Å². The van der Waals surface area contributed by atoms with Crippen LogP contribution in [0.1, 0.15) is 27.2 Å². The fourth-order valence-corrected chi connectivity index (χ4v) is 3.62. The molecule has 4 rings (SSSR count). The van der Waals surface area contributed by atoms with Gasteiger partial charge in [0.25, 0.3) is 5.91 Å². The summed E-state index contributed by atoms with van der Waals surface area (Å²) >= 11 is 0. The zero-order chi connectivity index (χ0) is 20.1. The maximum atomic E-state index is 12.8. The number of benzene rings is 2. The summed E-state index contributed by atoms with van der Waals surface area (Å²) in [6.45, 7) is 6.74. The Bertz CT molecular complexity index is 962. The number of nitrogens with one attached hydrogen (secondary N) is 1. The first kappa shape index (κ1) is 19.4. The fourth-order valence-electron chi connectivity index (χ4n) is 3.62. The Kier molecular flexibility index (Phi) is 6.03. The highest BCUT2D eigenvalue weighted by Crippen LogP contribution is 2.16. The van der Waals surface area contributed by atoms with E-state index in [1.54, 1.807) is 10.9 Å². The first-order chi connectivity index (χ1) is 14.2. The van der Waals surface area contributed by atoms with Crippen molar-refractivity contribution in [2.75, 3.05) is 26.3 Å². The molecule has 1 aromatic heterocycles. The minimum absolute atomic E-state index is 0.106. The number of carbonyl (C=O) groups is 1. The van der Waals surface area contributed by atoms with Gasteiger partial charge in [-0.25, -0.2) is 4.68 Å². The highest BCUT2D eigenvalue weighted by Gasteiger charge is 2.16. The molecule has 1 amide bonds. The van der Waals surface area contributed by atoms with Gasteiger partial charge in [-0.1, -0.05) is 42.5 Å². The van der Waals surface area contributed by atoms with Gasteiger partial charge in [-0.05, 0) is 30.2 Å². The summed E-state index contributed by atoms with van der Waals surface area (Å²) in [5.41, 5.74) is 4.75. The van der Waals surface area contributed by atoms with E-state index in [1.165, 1.54) is 5.56 Å². The lowest BCUT2D eigenvalue weighted by molar-refractivity contribution is 0.0340. The standard InChI is InChI=1S/C23H26N4O2/c1-18-22(16-25-27(18)21-9-3-2-4-10-21)23(28)24-15-19-7-5-6-8-20(19)17-26-11-13-29-14-12-26/h2-10,16H,11-15,17H2,1H3,(H,24,28). The quantitative estimate of drug-likeness (QED) is 0.703. The molecule has 1 aliphatic rings. The van der Waals surface area contributed by atoms with Gasteiger partial charge in [0, 0.05) is 26.2 Å². The Hall–Kier alpha value is -2.96. The molecule has 0 saturated carbocycles. The Labute approximate surface area is 171 Å². The second kappa shape index (κ2) is 9.03. The molecule has 150 valence electrons. The molecule has 0 atom stereocenters. The Balaban J connectivity index is 1.43. The van der Waals surface area contributed by atoms with E-state index in [-0.39, 0.29) is 5.91 Å². The van der Waals surface area contributed by atoms with Gasteiger partial charge in [0.05, 0.1) is 36.4 Å². The molecule has 2 aromatic carbocycles. The number of ether oxygens (including phenoxy) is 1. The van der Waals surface area contributed by atoms with Crippen LogP contribution in [0, 0.1) is 6.92 Å². The van der Waals surface area contributed by atoms with Crippen LogP contribution in [0.25, 0.3) is 5.69 Å². The minimum atomic E-state index is -0.106. The van der Waals surface area contributed by atoms with E-state index in [4.69, 9.17) is 4.74 Å². The van der Waals surface area contributed by atoms with Crippen LogP contribution in [-0.2, 0) is 17.8 Å². The van der Waals surface area contributed by atoms with E-state index in [2.05, 4.69) is 33.5 Å². The van der Waals surface area contributed by atoms with Crippen molar-refractivity contribution >= 4 is 5.91 Å². The number of carbonyl (C=O) groups excluding carboxylic acids is 1. The van der Waals surface area contributed by atoms with E-state index in [0.29, 0.717) is 12.1 Å². The largest absolute Gasteiger partial charge is 0.379 e.